The quantitative estimate of drug-likeness (QED) is 0.334. The number of carbonyl (C=O) groups is 2. The van der Waals surface area contributed by atoms with Crippen LogP contribution >= 0.6 is 0 Å². The third-order valence-corrected chi connectivity index (χ3v) is 8.74. The summed E-state index contributed by atoms with van der Waals surface area (Å²) in [7, 11) is 0. The number of phenolic OH excluding ortho intramolecular Hbond substituents is 1. The van der Waals surface area contributed by atoms with E-state index >= 15 is 0 Å². The van der Waals surface area contributed by atoms with Gasteiger partial charge in [-0.3, -0.25) is 19.5 Å². The number of carbonyl (C=O) groups excluding carboxylic acids is 2. The molecule has 3 fully saturated rings. The van der Waals surface area contributed by atoms with Gasteiger partial charge in [0.15, 0.2) is 17.7 Å². The SMILES string of the molecule is CC(=O)N1CC(c2ccc(OC(F)F)c(O)c2)C[C@@H]1C(=O)NCc1cccc(C(O)N(CC2CC2)C2CCCCC2)n1. The predicted molar refractivity (Wildman–Crippen MR) is 151 cm³/mol. The zero-order valence-electron chi connectivity index (χ0n) is 23.9. The molecular weight excluding hydrogens is 546 g/mol. The number of alkyl halides is 2. The number of nitrogens with zero attached hydrogens (tertiary/aromatic N) is 3. The molecule has 3 aliphatic rings. The molecule has 0 spiro atoms. The summed E-state index contributed by atoms with van der Waals surface area (Å²) in [6, 6.07) is 9.23. The molecule has 1 aromatic carbocycles. The molecule has 1 aromatic heterocycles. The van der Waals surface area contributed by atoms with Gasteiger partial charge in [-0.1, -0.05) is 31.4 Å². The van der Waals surface area contributed by atoms with Crippen molar-refractivity contribution in [3.05, 3.63) is 53.3 Å². The number of aromatic hydroxyl groups is 1. The van der Waals surface area contributed by atoms with Crippen LogP contribution in [0.4, 0.5) is 8.78 Å². The number of likely N-dealkylation sites (tertiary alicyclic amines) is 1. The zero-order valence-corrected chi connectivity index (χ0v) is 23.9. The molecule has 2 heterocycles. The monoisotopic (exact) mass is 586 g/mol. The first-order valence-electron chi connectivity index (χ1n) is 14.9. The van der Waals surface area contributed by atoms with Crippen LogP contribution in [0.15, 0.2) is 36.4 Å². The van der Waals surface area contributed by atoms with Crippen molar-refractivity contribution >= 4 is 11.8 Å². The average molecular weight is 587 g/mol. The third kappa shape index (κ3) is 7.36. The minimum absolute atomic E-state index is 0.138. The van der Waals surface area contributed by atoms with Crippen LogP contribution in [0.2, 0.25) is 0 Å². The van der Waals surface area contributed by atoms with Gasteiger partial charge in [0.2, 0.25) is 11.8 Å². The zero-order chi connectivity index (χ0) is 29.8. The summed E-state index contributed by atoms with van der Waals surface area (Å²) >= 11 is 0. The number of hydrogen-bond donors (Lipinski definition) is 3. The lowest BCUT2D eigenvalue weighted by molar-refractivity contribution is -0.136. The average Bonchev–Trinajstić information content (AvgIpc) is 3.69. The van der Waals surface area contributed by atoms with Gasteiger partial charge >= 0.3 is 6.61 Å². The molecule has 11 heteroatoms. The van der Waals surface area contributed by atoms with E-state index in [9.17, 15) is 28.6 Å². The van der Waals surface area contributed by atoms with E-state index in [4.69, 9.17) is 0 Å². The molecule has 5 rings (SSSR count). The predicted octanol–water partition coefficient (Wildman–Crippen LogP) is 4.45. The van der Waals surface area contributed by atoms with Crippen LogP contribution in [-0.4, -0.2) is 68.6 Å². The van der Waals surface area contributed by atoms with Gasteiger partial charge in [-0.05, 0) is 67.9 Å². The first kappa shape index (κ1) is 30.2. The molecule has 0 bridgehead atoms. The van der Waals surface area contributed by atoms with Gasteiger partial charge in [-0.25, -0.2) is 0 Å². The number of halogens is 2. The number of ether oxygens (including phenoxy) is 1. The number of rotatable bonds is 11. The molecule has 2 aromatic rings. The standard InChI is InChI=1S/C31H40F2N4O5/c1-19(38)36-18-22(21-12-13-28(27(39)15-21)42-31(32)33)14-26(36)29(40)34-16-23-6-5-9-25(35-23)30(41)37(17-20-10-11-20)24-7-3-2-4-8-24/h5-6,9,12-13,15,20,22,24,26,30-31,39,41H,2-4,7-8,10-11,14,16-18H2,1H3,(H,34,40)/t22?,26-,30?/m1/s1. The Morgan fingerprint density at radius 3 is 2.57 bits per heavy atom. The van der Waals surface area contributed by atoms with Gasteiger partial charge in [0, 0.05) is 32.0 Å². The van der Waals surface area contributed by atoms with Crippen LogP contribution < -0.4 is 10.1 Å². The van der Waals surface area contributed by atoms with Gasteiger partial charge in [-0.2, -0.15) is 8.78 Å². The Bertz CT molecular complexity index is 1250. The van der Waals surface area contributed by atoms with Crippen molar-refractivity contribution in [1.29, 1.82) is 0 Å². The maximum absolute atomic E-state index is 13.3. The molecule has 0 radical (unpaired) electrons. The summed E-state index contributed by atoms with van der Waals surface area (Å²) in [5.74, 6) is -0.997. The highest BCUT2D eigenvalue weighted by Crippen LogP contribution is 2.38. The molecule has 2 aliphatic carbocycles. The smallest absolute Gasteiger partial charge is 0.387 e. The minimum Gasteiger partial charge on any atom is -0.504 e. The molecule has 228 valence electrons. The summed E-state index contributed by atoms with van der Waals surface area (Å²) in [6.07, 6.45) is 7.68. The van der Waals surface area contributed by atoms with Crippen molar-refractivity contribution in [3.63, 3.8) is 0 Å². The van der Waals surface area contributed by atoms with E-state index in [1.165, 1.54) is 56.1 Å². The molecule has 2 saturated carbocycles. The maximum Gasteiger partial charge on any atom is 0.387 e. The lowest BCUT2D eigenvalue weighted by Gasteiger charge is -2.37. The number of aliphatic hydroxyl groups is 1. The number of aliphatic hydroxyl groups excluding tert-OH is 1. The van der Waals surface area contributed by atoms with E-state index < -0.39 is 24.6 Å². The molecule has 9 nitrogen and oxygen atoms in total. The first-order chi connectivity index (χ1) is 20.2. The van der Waals surface area contributed by atoms with Crippen molar-refractivity contribution in [2.45, 2.75) is 95.7 Å². The Hall–Kier alpha value is -3.31. The maximum atomic E-state index is 13.3. The fraction of sp³-hybridized carbons (Fsp3) is 0.581. The number of nitrogens with one attached hydrogen (secondary N) is 1. The van der Waals surface area contributed by atoms with Gasteiger partial charge in [-0.15, -0.1) is 0 Å². The van der Waals surface area contributed by atoms with Gasteiger partial charge in [0.05, 0.1) is 17.9 Å². The molecule has 1 saturated heterocycles. The highest BCUT2D eigenvalue weighted by Gasteiger charge is 2.39. The number of hydrogen-bond acceptors (Lipinski definition) is 7. The highest BCUT2D eigenvalue weighted by molar-refractivity contribution is 5.87. The second kappa shape index (κ2) is 13.3. The Balaban J connectivity index is 1.23. The lowest BCUT2D eigenvalue weighted by atomic mass is 9.93. The van der Waals surface area contributed by atoms with Crippen LogP contribution in [0.25, 0.3) is 0 Å². The van der Waals surface area contributed by atoms with E-state index in [0.717, 1.165) is 19.4 Å². The molecule has 3 atom stereocenters. The summed E-state index contributed by atoms with van der Waals surface area (Å²) in [5.41, 5.74) is 1.80. The second-order valence-corrected chi connectivity index (χ2v) is 11.8. The van der Waals surface area contributed by atoms with Crippen LogP contribution in [0, 0.1) is 5.92 Å². The summed E-state index contributed by atoms with van der Waals surface area (Å²) in [5, 5.41) is 24.4. The van der Waals surface area contributed by atoms with Crippen molar-refractivity contribution in [2.24, 2.45) is 5.92 Å². The van der Waals surface area contributed by atoms with E-state index in [-0.39, 0.29) is 36.6 Å². The van der Waals surface area contributed by atoms with Crippen molar-refractivity contribution in [2.75, 3.05) is 13.1 Å². The van der Waals surface area contributed by atoms with Crippen molar-refractivity contribution < 1.29 is 33.3 Å². The molecule has 1 aliphatic heterocycles. The van der Waals surface area contributed by atoms with Crippen LogP contribution in [0.5, 0.6) is 11.5 Å². The van der Waals surface area contributed by atoms with Crippen molar-refractivity contribution in [3.8, 4) is 11.5 Å². The molecular formula is C31H40F2N4O5. The Morgan fingerprint density at radius 1 is 1.14 bits per heavy atom. The Kier molecular flexibility index (Phi) is 9.57. The topological polar surface area (TPSA) is 115 Å². The second-order valence-electron chi connectivity index (χ2n) is 11.8. The fourth-order valence-electron chi connectivity index (χ4n) is 6.32. The largest absolute Gasteiger partial charge is 0.504 e. The Labute approximate surface area is 244 Å². The van der Waals surface area contributed by atoms with Crippen LogP contribution in [-0.2, 0) is 16.1 Å². The Morgan fingerprint density at radius 2 is 1.90 bits per heavy atom. The summed E-state index contributed by atoms with van der Waals surface area (Å²) in [4.78, 5) is 34.1. The van der Waals surface area contributed by atoms with Gasteiger partial charge in [0.25, 0.3) is 0 Å². The molecule has 2 amide bonds. The summed E-state index contributed by atoms with van der Waals surface area (Å²) < 4.78 is 29.4. The number of aromatic nitrogens is 1. The van der Waals surface area contributed by atoms with E-state index in [1.807, 2.05) is 12.1 Å². The number of amides is 2. The normalized spacial score (nSPS) is 22.0. The van der Waals surface area contributed by atoms with Crippen molar-refractivity contribution in [1.82, 2.24) is 20.1 Å². The number of benzene rings is 1. The van der Waals surface area contributed by atoms with E-state index in [1.54, 1.807) is 12.1 Å². The van der Waals surface area contributed by atoms with Gasteiger partial charge < -0.3 is 25.2 Å². The highest BCUT2D eigenvalue weighted by atomic mass is 19.3. The first-order valence-corrected chi connectivity index (χ1v) is 14.9. The number of phenols is 1. The minimum atomic E-state index is -3.06. The van der Waals surface area contributed by atoms with E-state index in [2.05, 4.69) is 19.9 Å². The molecule has 2 unspecified atom stereocenters. The van der Waals surface area contributed by atoms with Crippen LogP contribution in [0.3, 0.4) is 0 Å². The lowest BCUT2D eigenvalue weighted by Crippen LogP contribution is -2.45. The summed E-state index contributed by atoms with van der Waals surface area (Å²) in [6.45, 7) is -0.408. The third-order valence-electron chi connectivity index (χ3n) is 8.74. The fourth-order valence-corrected chi connectivity index (χ4v) is 6.32. The number of pyridine rings is 1. The van der Waals surface area contributed by atoms with E-state index in [0.29, 0.717) is 35.3 Å². The molecule has 3 N–H and O–H groups in total. The van der Waals surface area contributed by atoms with Gasteiger partial charge in [0.1, 0.15) is 6.04 Å². The molecule has 42 heavy (non-hydrogen) atoms. The van der Waals surface area contributed by atoms with Crippen LogP contribution in [0.1, 0.15) is 87.4 Å².